The molecule has 4 fully saturated rings. The minimum Gasteiger partial charge on any atom is -0.489 e. The number of carbonyl (C=O) groups is 4. The van der Waals surface area contributed by atoms with Gasteiger partial charge in [-0.05, 0) is 61.0 Å². The van der Waals surface area contributed by atoms with Crippen molar-refractivity contribution in [2.75, 3.05) is 68.7 Å². The van der Waals surface area contributed by atoms with Crippen molar-refractivity contribution >= 4 is 57.5 Å². The van der Waals surface area contributed by atoms with Crippen LogP contribution in [0.2, 0.25) is 5.02 Å². The number of nitriles is 1. The fourth-order valence-corrected chi connectivity index (χ4v) is 9.88. The summed E-state index contributed by atoms with van der Waals surface area (Å²) in [6.07, 6.45) is 0.115. The lowest BCUT2D eigenvalue weighted by Gasteiger charge is -2.63. The molecule has 4 aliphatic rings. The minimum absolute atomic E-state index is 0.0913. The first-order valence-corrected chi connectivity index (χ1v) is 21.0. The molecule has 2 N–H and O–H groups in total. The van der Waals surface area contributed by atoms with Crippen LogP contribution in [-0.2, 0) is 14.4 Å². The zero-order valence-electron chi connectivity index (χ0n) is 34.7. The molecule has 0 bridgehead atoms. The predicted octanol–water partition coefficient (Wildman–Crippen LogP) is 3.38. The summed E-state index contributed by atoms with van der Waals surface area (Å²) in [6, 6.07) is 19.1. The van der Waals surface area contributed by atoms with Gasteiger partial charge in [-0.1, -0.05) is 44.5 Å². The molecule has 3 aliphatic heterocycles. The number of amides is 4. The molecular formula is C44H49ClN10O6. The highest BCUT2D eigenvalue weighted by atomic mass is 35.5. The number of hydrogen-bond donors (Lipinski definition) is 2. The Labute approximate surface area is 358 Å². The van der Waals surface area contributed by atoms with E-state index < -0.39 is 17.5 Å². The molecule has 4 amide bonds. The van der Waals surface area contributed by atoms with Crippen LogP contribution < -0.4 is 30.7 Å². The monoisotopic (exact) mass is 848 g/mol. The van der Waals surface area contributed by atoms with E-state index in [-0.39, 0.29) is 53.5 Å². The summed E-state index contributed by atoms with van der Waals surface area (Å²) in [5, 5.41) is 23.6. The third kappa shape index (κ3) is 8.11. The van der Waals surface area contributed by atoms with Gasteiger partial charge in [0, 0.05) is 98.7 Å². The lowest BCUT2D eigenvalue weighted by atomic mass is 9.49. The average Bonchev–Trinajstić information content (AvgIpc) is 3.25. The van der Waals surface area contributed by atoms with Gasteiger partial charge in [0.25, 0.3) is 17.4 Å². The highest BCUT2D eigenvalue weighted by Crippen LogP contribution is 2.55. The molecule has 8 rings (SSSR count). The number of anilines is 2. The number of nitrogens with zero attached hydrogens (tertiary/aromatic N) is 8. The van der Waals surface area contributed by atoms with Crippen molar-refractivity contribution in [1.29, 1.82) is 5.26 Å². The summed E-state index contributed by atoms with van der Waals surface area (Å²) < 4.78 is 7.44. The predicted molar refractivity (Wildman–Crippen MR) is 229 cm³/mol. The number of fused-ring (bicyclic) bond motifs is 1. The van der Waals surface area contributed by atoms with E-state index in [1.54, 1.807) is 30.3 Å². The van der Waals surface area contributed by atoms with Crippen LogP contribution in [0.4, 0.5) is 11.4 Å². The number of hydrogen-bond acceptors (Lipinski definition) is 12. The van der Waals surface area contributed by atoms with E-state index in [0.29, 0.717) is 91.7 Å². The average molecular weight is 849 g/mol. The summed E-state index contributed by atoms with van der Waals surface area (Å²) in [4.78, 5) is 72.8. The largest absolute Gasteiger partial charge is 0.489 e. The first-order chi connectivity index (χ1) is 29.1. The van der Waals surface area contributed by atoms with E-state index in [2.05, 4.69) is 69.4 Å². The molecule has 4 heterocycles. The fraction of sp³-hybridized carbons (Fsp3) is 0.455. The number of benzene rings is 3. The zero-order valence-corrected chi connectivity index (χ0v) is 35.4. The van der Waals surface area contributed by atoms with Gasteiger partial charge >= 0.3 is 0 Å². The summed E-state index contributed by atoms with van der Waals surface area (Å²) >= 11 is 6.25. The highest BCUT2D eigenvalue weighted by molar-refractivity contribution is 6.31. The molecule has 0 spiro atoms. The Balaban J connectivity index is 0.797. The smallest absolute Gasteiger partial charge is 0.278 e. The fourth-order valence-electron chi connectivity index (χ4n) is 9.66. The topological polar surface area (TPSA) is 186 Å². The van der Waals surface area contributed by atoms with E-state index in [1.165, 1.54) is 0 Å². The van der Waals surface area contributed by atoms with Crippen LogP contribution in [0.5, 0.6) is 5.75 Å². The van der Waals surface area contributed by atoms with Crippen LogP contribution >= 0.6 is 11.6 Å². The van der Waals surface area contributed by atoms with E-state index in [4.69, 9.17) is 16.3 Å². The molecule has 1 atom stereocenters. The molecule has 1 saturated carbocycles. The SMILES string of the molecule is CC1(C)C(NC(=O)c2ccc(N3CCN(C(=O)CN4CCN(c5ccc6nnn(C7CCC(=O)NC7=O)c(=O)c6c5)CC4)CC3)cc2)C(C)(C)C1Oc1ccc(C#N)c(Cl)c1. The van der Waals surface area contributed by atoms with Gasteiger partial charge in [-0.2, -0.15) is 9.94 Å². The number of imide groups is 1. The van der Waals surface area contributed by atoms with Crippen molar-refractivity contribution in [2.24, 2.45) is 10.8 Å². The Bertz CT molecular complexity index is 2470. The molecule has 61 heavy (non-hydrogen) atoms. The van der Waals surface area contributed by atoms with Gasteiger partial charge in [0.15, 0.2) is 0 Å². The van der Waals surface area contributed by atoms with Crippen molar-refractivity contribution in [1.82, 2.24) is 35.4 Å². The van der Waals surface area contributed by atoms with Crippen molar-refractivity contribution < 1.29 is 23.9 Å². The van der Waals surface area contributed by atoms with Crippen molar-refractivity contribution in [3.8, 4) is 11.8 Å². The van der Waals surface area contributed by atoms with Gasteiger partial charge in [0.2, 0.25) is 11.8 Å². The van der Waals surface area contributed by atoms with E-state index in [1.807, 2.05) is 35.2 Å². The first-order valence-electron chi connectivity index (χ1n) is 20.6. The molecule has 318 valence electrons. The number of piperazine rings is 2. The second-order valence-corrected chi connectivity index (χ2v) is 17.9. The maximum absolute atomic E-state index is 13.5. The maximum atomic E-state index is 13.5. The maximum Gasteiger partial charge on any atom is 0.278 e. The molecule has 1 aliphatic carbocycles. The second-order valence-electron chi connectivity index (χ2n) is 17.5. The zero-order chi connectivity index (χ0) is 43.2. The number of halogens is 1. The number of rotatable bonds is 9. The summed E-state index contributed by atoms with van der Waals surface area (Å²) in [5.74, 6) is -0.408. The van der Waals surface area contributed by atoms with E-state index in [9.17, 15) is 29.2 Å². The minimum atomic E-state index is -0.887. The van der Waals surface area contributed by atoms with Crippen molar-refractivity contribution in [3.05, 3.63) is 87.2 Å². The molecule has 3 saturated heterocycles. The first kappa shape index (κ1) is 41.7. The number of nitrogens with one attached hydrogen (secondary N) is 2. The van der Waals surface area contributed by atoms with Gasteiger partial charge in [0.1, 0.15) is 29.5 Å². The van der Waals surface area contributed by atoms with Gasteiger partial charge in [-0.3, -0.25) is 34.2 Å². The Morgan fingerprint density at radius 3 is 2.20 bits per heavy atom. The molecule has 3 aromatic carbocycles. The van der Waals surface area contributed by atoms with Crippen LogP contribution in [-0.4, -0.2) is 119 Å². The Kier molecular flexibility index (Phi) is 11.2. The number of ether oxygens (including phenoxy) is 1. The lowest BCUT2D eigenvalue weighted by Crippen LogP contribution is -2.74. The van der Waals surface area contributed by atoms with Crippen LogP contribution in [0, 0.1) is 22.2 Å². The summed E-state index contributed by atoms with van der Waals surface area (Å²) in [7, 11) is 0. The van der Waals surface area contributed by atoms with Crippen LogP contribution in [0.3, 0.4) is 0 Å². The van der Waals surface area contributed by atoms with E-state index >= 15 is 0 Å². The normalized spacial score (nSPS) is 22.6. The number of piperidine rings is 1. The van der Waals surface area contributed by atoms with Gasteiger partial charge in [-0.25, -0.2) is 0 Å². The standard InChI is InChI=1S/C44H49ClN10O6/c1-43(2)41(44(3,4)42(43)61-31-11-7-28(25-46)33(45)24-31)48-38(58)27-5-8-29(9-6-27)52-19-21-54(22-20-52)37(57)26-51-15-17-53(18-16-51)30-10-12-34-32(23-30)40(60)55(50-49-34)35-13-14-36(56)47-39(35)59/h5-12,23-24,35,41-42H,13-22,26H2,1-4H3,(H,48,58)(H,47,56,59). The number of carbonyl (C=O) groups excluding carboxylic acids is 4. The second kappa shape index (κ2) is 16.4. The molecule has 17 heteroatoms. The number of aromatic nitrogens is 3. The lowest BCUT2D eigenvalue weighted by molar-refractivity contribution is -0.164. The Morgan fingerprint density at radius 2 is 1.54 bits per heavy atom. The summed E-state index contributed by atoms with van der Waals surface area (Å²) in [6.45, 7) is 13.9. The molecule has 1 unspecified atom stereocenters. The van der Waals surface area contributed by atoms with E-state index in [0.717, 1.165) is 16.1 Å². The van der Waals surface area contributed by atoms with Gasteiger partial charge < -0.3 is 24.8 Å². The molecule has 1 aromatic heterocycles. The molecule has 0 radical (unpaired) electrons. The Morgan fingerprint density at radius 1 is 0.885 bits per heavy atom. The Hall–Kier alpha value is -6.05. The van der Waals surface area contributed by atoms with Crippen LogP contribution in [0.25, 0.3) is 10.9 Å². The van der Waals surface area contributed by atoms with Gasteiger partial charge in [-0.15, -0.1) is 5.10 Å². The van der Waals surface area contributed by atoms with Crippen LogP contribution in [0.1, 0.15) is 62.5 Å². The van der Waals surface area contributed by atoms with Crippen LogP contribution in [0.15, 0.2) is 65.5 Å². The van der Waals surface area contributed by atoms with Gasteiger partial charge in [0.05, 0.1) is 22.5 Å². The molecule has 4 aromatic rings. The third-order valence-corrected chi connectivity index (χ3v) is 13.1. The molecule has 16 nitrogen and oxygen atoms in total. The summed E-state index contributed by atoms with van der Waals surface area (Å²) in [5.41, 5.74) is 2.03. The highest BCUT2D eigenvalue weighted by Gasteiger charge is 2.64. The quantitative estimate of drug-likeness (QED) is 0.235. The van der Waals surface area contributed by atoms with Crippen molar-refractivity contribution in [2.45, 2.75) is 58.7 Å². The molecular weight excluding hydrogens is 800 g/mol. The van der Waals surface area contributed by atoms with Crippen molar-refractivity contribution in [3.63, 3.8) is 0 Å². The third-order valence-electron chi connectivity index (χ3n) is 12.8.